The highest BCUT2D eigenvalue weighted by atomic mass is 35.5. The molecule has 1 aromatic carbocycles. The highest BCUT2D eigenvalue weighted by molar-refractivity contribution is 6.33. The van der Waals surface area contributed by atoms with E-state index in [1.165, 1.54) is 6.07 Å². The van der Waals surface area contributed by atoms with Crippen LogP contribution in [0.4, 0.5) is 11.4 Å². The molecule has 0 spiro atoms. The van der Waals surface area contributed by atoms with E-state index in [-0.39, 0.29) is 11.7 Å². The normalized spacial score (nSPS) is 10.2. The van der Waals surface area contributed by atoms with Gasteiger partial charge in [0, 0.05) is 18.7 Å². The standard InChI is InChI=1S/C12H14ClN3O2/c1-9(2)15(8-4-7-14)12-10(13)5-3-6-11(12)16(17)18/h3,5-6,9H,4,8H2,1-2H3. The average molecular weight is 268 g/mol. The first-order valence-corrected chi connectivity index (χ1v) is 5.93. The Balaban J connectivity index is 3.26. The summed E-state index contributed by atoms with van der Waals surface area (Å²) in [6, 6.07) is 6.65. The summed E-state index contributed by atoms with van der Waals surface area (Å²) >= 11 is 6.06. The molecule has 0 aliphatic rings. The lowest BCUT2D eigenvalue weighted by Crippen LogP contribution is -2.32. The molecule has 5 nitrogen and oxygen atoms in total. The Hall–Kier alpha value is -1.80. The molecule has 0 atom stereocenters. The number of nitro benzene ring substituents is 1. The van der Waals surface area contributed by atoms with E-state index in [4.69, 9.17) is 16.9 Å². The molecular weight excluding hydrogens is 254 g/mol. The molecule has 96 valence electrons. The van der Waals surface area contributed by atoms with Gasteiger partial charge in [-0.05, 0) is 19.9 Å². The molecule has 1 aromatic rings. The van der Waals surface area contributed by atoms with Gasteiger partial charge in [0.25, 0.3) is 5.69 Å². The smallest absolute Gasteiger partial charge is 0.294 e. The maximum atomic E-state index is 11.0. The van der Waals surface area contributed by atoms with Crippen LogP contribution >= 0.6 is 11.6 Å². The number of anilines is 1. The van der Waals surface area contributed by atoms with Crippen molar-refractivity contribution in [2.24, 2.45) is 0 Å². The largest absolute Gasteiger partial charge is 0.361 e. The van der Waals surface area contributed by atoms with Crippen molar-refractivity contribution in [1.29, 1.82) is 5.26 Å². The summed E-state index contributed by atoms with van der Waals surface area (Å²) in [5, 5.41) is 20.0. The van der Waals surface area contributed by atoms with Crippen molar-refractivity contribution >= 4 is 23.0 Å². The van der Waals surface area contributed by atoms with Crippen LogP contribution in [0.15, 0.2) is 18.2 Å². The average Bonchev–Trinajstić information content (AvgIpc) is 2.30. The number of nitro groups is 1. The molecule has 1 rings (SSSR count). The summed E-state index contributed by atoms with van der Waals surface area (Å²) in [5.41, 5.74) is 0.351. The summed E-state index contributed by atoms with van der Waals surface area (Å²) in [5.74, 6) is 0. The Labute approximate surface area is 111 Å². The number of hydrogen-bond donors (Lipinski definition) is 0. The molecule has 6 heteroatoms. The monoisotopic (exact) mass is 267 g/mol. The first kappa shape index (κ1) is 14.3. The Morgan fingerprint density at radius 1 is 1.56 bits per heavy atom. The number of benzene rings is 1. The fourth-order valence-corrected chi connectivity index (χ4v) is 2.01. The molecule has 0 aliphatic heterocycles. The van der Waals surface area contributed by atoms with Crippen molar-refractivity contribution < 1.29 is 4.92 Å². The highest BCUT2D eigenvalue weighted by Gasteiger charge is 2.23. The quantitative estimate of drug-likeness (QED) is 0.606. The van der Waals surface area contributed by atoms with Gasteiger partial charge in [0.05, 0.1) is 22.4 Å². The maximum Gasteiger partial charge on any atom is 0.294 e. The first-order valence-electron chi connectivity index (χ1n) is 5.55. The minimum absolute atomic E-state index is 0.0250. The molecule has 0 unspecified atom stereocenters. The van der Waals surface area contributed by atoms with E-state index in [9.17, 15) is 10.1 Å². The van der Waals surface area contributed by atoms with E-state index in [2.05, 4.69) is 0 Å². The Kier molecular flexibility index (Phi) is 4.93. The van der Waals surface area contributed by atoms with Gasteiger partial charge in [-0.2, -0.15) is 5.26 Å². The molecular formula is C12H14ClN3O2. The van der Waals surface area contributed by atoms with Crippen molar-refractivity contribution in [2.45, 2.75) is 26.3 Å². The van der Waals surface area contributed by atoms with Crippen molar-refractivity contribution in [2.75, 3.05) is 11.4 Å². The summed E-state index contributed by atoms with van der Waals surface area (Å²) < 4.78 is 0. The Morgan fingerprint density at radius 3 is 2.72 bits per heavy atom. The van der Waals surface area contributed by atoms with Crippen LogP contribution < -0.4 is 4.90 Å². The molecule has 0 aliphatic carbocycles. The highest BCUT2D eigenvalue weighted by Crippen LogP contribution is 2.36. The fraction of sp³-hybridized carbons (Fsp3) is 0.417. The zero-order valence-electron chi connectivity index (χ0n) is 10.3. The van der Waals surface area contributed by atoms with Crippen LogP contribution in [0.2, 0.25) is 5.02 Å². The Morgan fingerprint density at radius 2 is 2.22 bits per heavy atom. The van der Waals surface area contributed by atoms with Crippen LogP contribution in [0.1, 0.15) is 20.3 Å². The van der Waals surface area contributed by atoms with Gasteiger partial charge in [-0.15, -0.1) is 0 Å². The van der Waals surface area contributed by atoms with Crippen molar-refractivity contribution in [3.8, 4) is 6.07 Å². The molecule has 0 fully saturated rings. The van der Waals surface area contributed by atoms with Gasteiger partial charge in [-0.25, -0.2) is 0 Å². The number of halogens is 1. The summed E-state index contributed by atoms with van der Waals surface area (Å²) in [6.07, 6.45) is 0.292. The van der Waals surface area contributed by atoms with Crippen LogP contribution in [0.25, 0.3) is 0 Å². The molecule has 0 aromatic heterocycles. The van der Waals surface area contributed by atoms with Crippen molar-refractivity contribution in [3.63, 3.8) is 0 Å². The van der Waals surface area contributed by atoms with Crippen molar-refractivity contribution in [3.05, 3.63) is 33.3 Å². The van der Waals surface area contributed by atoms with E-state index >= 15 is 0 Å². The van der Waals surface area contributed by atoms with E-state index in [0.29, 0.717) is 23.7 Å². The zero-order valence-corrected chi connectivity index (χ0v) is 11.0. The Bertz CT molecular complexity index is 483. The minimum atomic E-state index is -0.455. The van der Waals surface area contributed by atoms with Crippen LogP contribution in [-0.4, -0.2) is 17.5 Å². The minimum Gasteiger partial charge on any atom is -0.361 e. The number of hydrogen-bond acceptors (Lipinski definition) is 4. The SMILES string of the molecule is CC(C)N(CCC#N)c1c(Cl)cccc1[N+](=O)[O-]. The van der Waals surface area contributed by atoms with Crippen LogP contribution in [0.5, 0.6) is 0 Å². The van der Waals surface area contributed by atoms with Gasteiger partial charge in [0.2, 0.25) is 0 Å². The van der Waals surface area contributed by atoms with Crippen LogP contribution in [0, 0.1) is 21.4 Å². The second kappa shape index (κ2) is 6.22. The molecule has 0 radical (unpaired) electrons. The van der Waals surface area contributed by atoms with E-state index in [1.807, 2.05) is 19.9 Å². The molecule has 0 N–H and O–H groups in total. The molecule has 18 heavy (non-hydrogen) atoms. The zero-order chi connectivity index (χ0) is 13.7. The predicted molar refractivity (Wildman–Crippen MR) is 70.8 cm³/mol. The lowest BCUT2D eigenvalue weighted by Gasteiger charge is -2.28. The third-order valence-electron chi connectivity index (χ3n) is 2.54. The fourth-order valence-electron chi connectivity index (χ4n) is 1.73. The van der Waals surface area contributed by atoms with Gasteiger partial charge >= 0.3 is 0 Å². The van der Waals surface area contributed by atoms with Crippen molar-refractivity contribution in [1.82, 2.24) is 0 Å². The third-order valence-corrected chi connectivity index (χ3v) is 2.84. The number of para-hydroxylation sites is 1. The summed E-state index contributed by atoms with van der Waals surface area (Å²) in [4.78, 5) is 12.4. The summed E-state index contributed by atoms with van der Waals surface area (Å²) in [7, 11) is 0. The molecule has 0 saturated carbocycles. The maximum absolute atomic E-state index is 11.0. The van der Waals surface area contributed by atoms with Gasteiger partial charge in [0.15, 0.2) is 0 Å². The molecule has 0 saturated heterocycles. The van der Waals surface area contributed by atoms with Gasteiger partial charge in [-0.3, -0.25) is 10.1 Å². The second-order valence-corrected chi connectivity index (χ2v) is 4.47. The lowest BCUT2D eigenvalue weighted by molar-refractivity contribution is -0.384. The van der Waals surface area contributed by atoms with Crippen LogP contribution in [-0.2, 0) is 0 Å². The van der Waals surface area contributed by atoms with E-state index in [1.54, 1.807) is 17.0 Å². The topological polar surface area (TPSA) is 70.2 Å². The molecule has 0 bridgehead atoms. The van der Waals surface area contributed by atoms with Gasteiger partial charge in [-0.1, -0.05) is 17.7 Å². The lowest BCUT2D eigenvalue weighted by atomic mass is 10.2. The molecule has 0 amide bonds. The van der Waals surface area contributed by atoms with E-state index < -0.39 is 4.92 Å². The number of rotatable bonds is 5. The predicted octanol–water partition coefficient (Wildman–Crippen LogP) is 3.38. The second-order valence-electron chi connectivity index (χ2n) is 4.06. The van der Waals surface area contributed by atoms with Gasteiger partial charge in [0.1, 0.15) is 5.69 Å². The first-order chi connectivity index (χ1) is 8.49. The summed E-state index contributed by atoms with van der Waals surface area (Å²) in [6.45, 7) is 4.23. The number of nitrogens with zero attached hydrogens (tertiary/aromatic N) is 3. The number of nitriles is 1. The molecule has 0 heterocycles. The third kappa shape index (κ3) is 3.11. The van der Waals surface area contributed by atoms with Gasteiger partial charge < -0.3 is 4.90 Å². The van der Waals surface area contributed by atoms with E-state index in [0.717, 1.165) is 0 Å². The van der Waals surface area contributed by atoms with Crippen LogP contribution in [0.3, 0.4) is 0 Å².